The lowest BCUT2D eigenvalue weighted by atomic mass is 10.1. The molecule has 4 nitrogen and oxygen atoms in total. The number of hydrogen-bond donors (Lipinski definition) is 0. The third-order valence-electron chi connectivity index (χ3n) is 5.21. The van der Waals surface area contributed by atoms with E-state index in [1.807, 2.05) is 59.8 Å². The minimum absolute atomic E-state index is 0.146. The molecule has 1 amide bonds. The van der Waals surface area contributed by atoms with Gasteiger partial charge < -0.3 is 14.2 Å². The normalized spacial score (nSPS) is 16.2. The molecule has 0 bridgehead atoms. The topological polar surface area (TPSA) is 34.5 Å². The second-order valence-corrected chi connectivity index (χ2v) is 7.33. The van der Waals surface area contributed by atoms with E-state index in [4.69, 9.17) is 4.74 Å². The van der Waals surface area contributed by atoms with Crippen LogP contribution in [0.25, 0.3) is 5.69 Å². The number of ether oxygens (including phenoxy) is 1. The number of carbonyl (C=O) groups excluding carboxylic acids is 1. The Morgan fingerprint density at radius 2 is 1.71 bits per heavy atom. The van der Waals surface area contributed by atoms with Gasteiger partial charge in [0, 0.05) is 37.8 Å². The Balaban J connectivity index is 1.44. The minimum atomic E-state index is 0.146. The first-order chi connectivity index (χ1) is 13.8. The summed E-state index contributed by atoms with van der Waals surface area (Å²) in [7, 11) is 0. The molecular formula is C24H26N2O2. The van der Waals surface area contributed by atoms with E-state index in [2.05, 4.69) is 28.8 Å². The van der Waals surface area contributed by atoms with Crippen LogP contribution in [0.4, 0.5) is 0 Å². The Hall–Kier alpha value is -2.85. The molecule has 2 aromatic carbocycles. The fourth-order valence-corrected chi connectivity index (χ4v) is 3.67. The quantitative estimate of drug-likeness (QED) is 0.620. The Morgan fingerprint density at radius 1 is 0.964 bits per heavy atom. The van der Waals surface area contributed by atoms with Crippen molar-refractivity contribution in [1.29, 1.82) is 0 Å². The molecule has 144 valence electrons. The largest absolute Gasteiger partial charge is 0.376 e. The van der Waals surface area contributed by atoms with E-state index >= 15 is 0 Å². The van der Waals surface area contributed by atoms with Crippen molar-refractivity contribution in [2.75, 3.05) is 13.2 Å². The standard InChI is InChI=1S/C24H26N2O2/c27-24(17-20-10-12-22(13-11-20)25-14-4-5-15-25)26(19-23-9-6-16-28-23)18-21-7-2-1-3-8-21/h1-5,7-8,10-15,23H,6,9,16-19H2. The molecule has 4 rings (SSSR count). The summed E-state index contributed by atoms with van der Waals surface area (Å²) in [6, 6.07) is 22.4. The van der Waals surface area contributed by atoms with E-state index in [0.717, 1.165) is 36.3 Å². The summed E-state index contributed by atoms with van der Waals surface area (Å²) < 4.78 is 7.84. The van der Waals surface area contributed by atoms with Crippen LogP contribution in [-0.2, 0) is 22.5 Å². The number of nitrogens with zero attached hydrogens (tertiary/aromatic N) is 2. The van der Waals surface area contributed by atoms with Crippen LogP contribution in [0.5, 0.6) is 0 Å². The molecule has 3 aromatic rings. The molecule has 1 fully saturated rings. The van der Waals surface area contributed by atoms with Crippen LogP contribution in [0.15, 0.2) is 79.1 Å². The van der Waals surface area contributed by atoms with E-state index < -0.39 is 0 Å². The van der Waals surface area contributed by atoms with E-state index in [9.17, 15) is 4.79 Å². The predicted molar refractivity (Wildman–Crippen MR) is 110 cm³/mol. The SMILES string of the molecule is O=C(Cc1ccc(-n2cccc2)cc1)N(Cc1ccccc1)CC1CCCO1. The van der Waals surface area contributed by atoms with Crippen LogP contribution in [-0.4, -0.2) is 34.6 Å². The molecule has 28 heavy (non-hydrogen) atoms. The van der Waals surface area contributed by atoms with Crippen molar-refractivity contribution in [2.24, 2.45) is 0 Å². The average Bonchev–Trinajstić information content (AvgIpc) is 3.43. The van der Waals surface area contributed by atoms with Gasteiger partial charge in [-0.15, -0.1) is 0 Å². The van der Waals surface area contributed by atoms with Crippen LogP contribution in [0, 0.1) is 0 Å². The zero-order valence-electron chi connectivity index (χ0n) is 16.0. The minimum Gasteiger partial charge on any atom is -0.376 e. The molecule has 1 aliphatic rings. The summed E-state index contributed by atoms with van der Waals surface area (Å²) >= 11 is 0. The molecule has 0 radical (unpaired) electrons. The third kappa shape index (κ3) is 4.70. The Bertz CT molecular complexity index is 867. The predicted octanol–water partition coefficient (Wildman–Crippen LogP) is 4.23. The molecule has 0 N–H and O–H groups in total. The maximum Gasteiger partial charge on any atom is 0.227 e. The van der Waals surface area contributed by atoms with Crippen molar-refractivity contribution in [3.63, 3.8) is 0 Å². The van der Waals surface area contributed by atoms with Gasteiger partial charge in [0.25, 0.3) is 0 Å². The molecule has 1 aromatic heterocycles. The van der Waals surface area contributed by atoms with Crippen molar-refractivity contribution >= 4 is 5.91 Å². The van der Waals surface area contributed by atoms with Gasteiger partial charge in [-0.1, -0.05) is 42.5 Å². The molecule has 2 heterocycles. The van der Waals surface area contributed by atoms with Crippen molar-refractivity contribution < 1.29 is 9.53 Å². The highest BCUT2D eigenvalue weighted by atomic mass is 16.5. The average molecular weight is 374 g/mol. The van der Waals surface area contributed by atoms with Crippen LogP contribution in [0.3, 0.4) is 0 Å². The second kappa shape index (κ2) is 8.89. The maximum atomic E-state index is 13.1. The highest BCUT2D eigenvalue weighted by molar-refractivity contribution is 5.79. The Labute approximate surface area is 166 Å². The Morgan fingerprint density at radius 3 is 2.39 bits per heavy atom. The number of aromatic nitrogens is 1. The fourth-order valence-electron chi connectivity index (χ4n) is 3.67. The summed E-state index contributed by atoms with van der Waals surface area (Å²) in [4.78, 5) is 15.0. The van der Waals surface area contributed by atoms with Gasteiger partial charge in [0.15, 0.2) is 0 Å². The third-order valence-corrected chi connectivity index (χ3v) is 5.21. The van der Waals surface area contributed by atoms with E-state index in [0.29, 0.717) is 19.5 Å². The van der Waals surface area contributed by atoms with Gasteiger partial charge in [-0.25, -0.2) is 0 Å². The van der Waals surface area contributed by atoms with Gasteiger partial charge >= 0.3 is 0 Å². The van der Waals surface area contributed by atoms with Crippen molar-refractivity contribution in [3.8, 4) is 5.69 Å². The molecule has 4 heteroatoms. The van der Waals surface area contributed by atoms with E-state index in [1.54, 1.807) is 0 Å². The van der Waals surface area contributed by atoms with Gasteiger partial charge in [0.2, 0.25) is 5.91 Å². The first kappa shape index (κ1) is 18.5. The smallest absolute Gasteiger partial charge is 0.227 e. The zero-order chi connectivity index (χ0) is 19.2. The molecule has 1 unspecified atom stereocenters. The van der Waals surface area contributed by atoms with Gasteiger partial charge in [0.05, 0.1) is 12.5 Å². The summed E-state index contributed by atoms with van der Waals surface area (Å²) in [6.45, 7) is 2.09. The number of rotatable bonds is 7. The summed E-state index contributed by atoms with van der Waals surface area (Å²) in [5, 5.41) is 0. The fraction of sp³-hybridized carbons (Fsp3) is 0.292. The summed E-state index contributed by atoms with van der Waals surface area (Å²) in [5.41, 5.74) is 3.28. The van der Waals surface area contributed by atoms with Crippen LogP contribution in [0.2, 0.25) is 0 Å². The summed E-state index contributed by atoms with van der Waals surface area (Å²) in [5.74, 6) is 0.146. The Kier molecular flexibility index (Phi) is 5.88. The first-order valence-corrected chi connectivity index (χ1v) is 9.93. The lowest BCUT2D eigenvalue weighted by Crippen LogP contribution is -2.37. The zero-order valence-corrected chi connectivity index (χ0v) is 16.0. The van der Waals surface area contributed by atoms with Gasteiger partial charge in [-0.2, -0.15) is 0 Å². The highest BCUT2D eigenvalue weighted by Gasteiger charge is 2.23. The summed E-state index contributed by atoms with van der Waals surface area (Å²) in [6.07, 6.45) is 6.71. The van der Waals surface area contributed by atoms with E-state index in [1.165, 1.54) is 0 Å². The lowest BCUT2D eigenvalue weighted by molar-refractivity contribution is -0.132. The highest BCUT2D eigenvalue weighted by Crippen LogP contribution is 2.17. The van der Waals surface area contributed by atoms with Gasteiger partial charge in [-0.3, -0.25) is 4.79 Å². The van der Waals surface area contributed by atoms with Gasteiger partial charge in [0.1, 0.15) is 0 Å². The van der Waals surface area contributed by atoms with Crippen LogP contribution in [0.1, 0.15) is 24.0 Å². The molecule has 1 saturated heterocycles. The monoisotopic (exact) mass is 374 g/mol. The van der Waals surface area contributed by atoms with Crippen molar-refractivity contribution in [1.82, 2.24) is 9.47 Å². The molecule has 0 aliphatic carbocycles. The van der Waals surface area contributed by atoms with E-state index in [-0.39, 0.29) is 12.0 Å². The molecule has 0 saturated carbocycles. The number of hydrogen-bond acceptors (Lipinski definition) is 2. The molecule has 1 atom stereocenters. The number of carbonyl (C=O) groups is 1. The molecule has 1 aliphatic heterocycles. The molecule has 0 spiro atoms. The maximum absolute atomic E-state index is 13.1. The second-order valence-electron chi connectivity index (χ2n) is 7.33. The van der Waals surface area contributed by atoms with Crippen LogP contribution >= 0.6 is 0 Å². The molecular weight excluding hydrogens is 348 g/mol. The lowest BCUT2D eigenvalue weighted by Gasteiger charge is -2.26. The number of amides is 1. The number of benzene rings is 2. The first-order valence-electron chi connectivity index (χ1n) is 9.93. The van der Waals surface area contributed by atoms with Gasteiger partial charge in [-0.05, 0) is 48.2 Å². The van der Waals surface area contributed by atoms with Crippen molar-refractivity contribution in [3.05, 3.63) is 90.3 Å². The van der Waals surface area contributed by atoms with Crippen LogP contribution < -0.4 is 0 Å². The van der Waals surface area contributed by atoms with Crippen molar-refractivity contribution in [2.45, 2.75) is 31.9 Å².